The third kappa shape index (κ3) is 2.55. The van der Waals surface area contributed by atoms with E-state index >= 15 is 0 Å². The molecule has 2 fully saturated rings. The Labute approximate surface area is 111 Å². The van der Waals surface area contributed by atoms with E-state index in [9.17, 15) is 0 Å². The van der Waals surface area contributed by atoms with Gasteiger partial charge in [0.15, 0.2) is 5.16 Å². The van der Waals surface area contributed by atoms with Crippen molar-refractivity contribution in [3.63, 3.8) is 0 Å². The van der Waals surface area contributed by atoms with E-state index in [1.54, 1.807) is 11.8 Å². The molecule has 0 aromatic carbocycles. The smallest absolute Gasteiger partial charge is 0.191 e. The molecule has 3 rings (SSSR count). The SMILES string of the molecule is CC1CCC(CSc2nnc(CN)n2C2CC2)O1. The molecule has 1 aromatic heterocycles. The maximum atomic E-state index is 5.83. The van der Waals surface area contributed by atoms with E-state index in [4.69, 9.17) is 10.5 Å². The van der Waals surface area contributed by atoms with E-state index in [1.165, 1.54) is 19.3 Å². The van der Waals surface area contributed by atoms with E-state index in [0.717, 1.165) is 23.2 Å². The highest BCUT2D eigenvalue weighted by atomic mass is 32.2. The van der Waals surface area contributed by atoms with Gasteiger partial charge in [-0.1, -0.05) is 11.8 Å². The standard InChI is InChI=1S/C12H20N4OS/c1-8-2-5-10(17-8)7-18-12-15-14-11(6-13)16(12)9-3-4-9/h8-10H,2-7,13H2,1H3. The first-order chi connectivity index (χ1) is 8.78. The first kappa shape index (κ1) is 12.4. The van der Waals surface area contributed by atoms with Gasteiger partial charge in [-0.15, -0.1) is 10.2 Å². The van der Waals surface area contributed by atoms with Gasteiger partial charge in [0.05, 0.1) is 18.8 Å². The summed E-state index contributed by atoms with van der Waals surface area (Å²) in [5.41, 5.74) is 5.71. The minimum Gasteiger partial charge on any atom is -0.374 e. The van der Waals surface area contributed by atoms with Crippen LogP contribution < -0.4 is 5.73 Å². The van der Waals surface area contributed by atoms with Gasteiger partial charge in [-0.3, -0.25) is 0 Å². The molecule has 1 saturated heterocycles. The summed E-state index contributed by atoms with van der Waals surface area (Å²) in [5, 5.41) is 9.47. The van der Waals surface area contributed by atoms with Crippen LogP contribution in [0.3, 0.4) is 0 Å². The van der Waals surface area contributed by atoms with Gasteiger partial charge in [-0.25, -0.2) is 0 Å². The van der Waals surface area contributed by atoms with Crippen LogP contribution in [0.15, 0.2) is 5.16 Å². The van der Waals surface area contributed by atoms with E-state index in [-0.39, 0.29) is 0 Å². The van der Waals surface area contributed by atoms with Crippen molar-refractivity contribution in [2.45, 2.75) is 62.6 Å². The summed E-state index contributed by atoms with van der Waals surface area (Å²) in [6.07, 6.45) is 5.59. The lowest BCUT2D eigenvalue weighted by Gasteiger charge is -2.11. The lowest BCUT2D eigenvalue weighted by molar-refractivity contribution is 0.0699. The summed E-state index contributed by atoms with van der Waals surface area (Å²) < 4.78 is 8.05. The average molecular weight is 268 g/mol. The zero-order chi connectivity index (χ0) is 12.5. The molecule has 1 saturated carbocycles. The number of nitrogens with two attached hydrogens (primary N) is 1. The van der Waals surface area contributed by atoms with Crippen LogP contribution in [-0.2, 0) is 11.3 Å². The minimum atomic E-state index is 0.371. The second-order valence-electron chi connectivity index (χ2n) is 5.16. The van der Waals surface area contributed by atoms with Gasteiger partial charge in [-0.05, 0) is 32.6 Å². The molecule has 0 spiro atoms. The Morgan fingerprint density at radius 3 is 2.78 bits per heavy atom. The van der Waals surface area contributed by atoms with Crippen molar-refractivity contribution in [3.8, 4) is 0 Å². The first-order valence-electron chi connectivity index (χ1n) is 6.70. The maximum absolute atomic E-state index is 5.83. The largest absolute Gasteiger partial charge is 0.374 e. The Morgan fingerprint density at radius 2 is 2.17 bits per heavy atom. The highest BCUT2D eigenvalue weighted by Crippen LogP contribution is 2.39. The van der Waals surface area contributed by atoms with Gasteiger partial charge in [0.2, 0.25) is 0 Å². The molecule has 100 valence electrons. The van der Waals surface area contributed by atoms with Crippen LogP contribution in [0.2, 0.25) is 0 Å². The highest BCUT2D eigenvalue weighted by Gasteiger charge is 2.30. The molecule has 2 unspecified atom stereocenters. The van der Waals surface area contributed by atoms with Crippen LogP contribution >= 0.6 is 11.8 Å². The molecular formula is C12H20N4OS. The summed E-state index contributed by atoms with van der Waals surface area (Å²) in [5.74, 6) is 1.89. The average Bonchev–Trinajstić information content (AvgIpc) is 2.99. The molecule has 0 bridgehead atoms. The predicted octanol–water partition coefficient (Wildman–Crippen LogP) is 1.73. The number of hydrogen-bond acceptors (Lipinski definition) is 5. The topological polar surface area (TPSA) is 66.0 Å². The van der Waals surface area contributed by atoms with Crippen molar-refractivity contribution in [2.24, 2.45) is 5.73 Å². The van der Waals surface area contributed by atoms with Crippen LogP contribution in [0.4, 0.5) is 0 Å². The Morgan fingerprint density at radius 1 is 1.33 bits per heavy atom. The molecule has 1 aliphatic carbocycles. The van der Waals surface area contributed by atoms with Crippen molar-refractivity contribution < 1.29 is 4.74 Å². The molecular weight excluding hydrogens is 248 g/mol. The fraction of sp³-hybridized carbons (Fsp3) is 0.833. The van der Waals surface area contributed by atoms with E-state index in [1.807, 2.05) is 0 Å². The minimum absolute atomic E-state index is 0.371. The third-order valence-electron chi connectivity index (χ3n) is 3.55. The third-order valence-corrected chi connectivity index (χ3v) is 4.62. The summed E-state index contributed by atoms with van der Waals surface area (Å²) in [4.78, 5) is 0. The quantitative estimate of drug-likeness (QED) is 0.824. The normalized spacial score (nSPS) is 27.9. The van der Waals surface area contributed by atoms with Crippen LogP contribution in [0.1, 0.15) is 44.5 Å². The summed E-state index contributed by atoms with van der Waals surface area (Å²) in [6.45, 7) is 2.62. The van der Waals surface area contributed by atoms with Crippen molar-refractivity contribution in [1.82, 2.24) is 14.8 Å². The van der Waals surface area contributed by atoms with Crippen molar-refractivity contribution in [3.05, 3.63) is 5.82 Å². The van der Waals surface area contributed by atoms with Gasteiger partial charge in [0.25, 0.3) is 0 Å². The lowest BCUT2D eigenvalue weighted by Crippen LogP contribution is -2.12. The molecule has 2 heterocycles. The number of nitrogens with zero attached hydrogens (tertiary/aromatic N) is 3. The number of thioether (sulfide) groups is 1. The predicted molar refractivity (Wildman–Crippen MR) is 70.5 cm³/mol. The maximum Gasteiger partial charge on any atom is 0.191 e. The Hall–Kier alpha value is -0.590. The summed E-state index contributed by atoms with van der Waals surface area (Å²) >= 11 is 1.76. The van der Waals surface area contributed by atoms with Crippen LogP contribution in [0.5, 0.6) is 0 Å². The highest BCUT2D eigenvalue weighted by molar-refractivity contribution is 7.99. The van der Waals surface area contributed by atoms with Crippen molar-refractivity contribution in [2.75, 3.05) is 5.75 Å². The number of rotatable bonds is 5. The zero-order valence-corrected chi connectivity index (χ0v) is 11.5. The van der Waals surface area contributed by atoms with Crippen molar-refractivity contribution in [1.29, 1.82) is 0 Å². The number of ether oxygens (including phenoxy) is 1. The van der Waals surface area contributed by atoms with Crippen LogP contribution in [0.25, 0.3) is 0 Å². The van der Waals surface area contributed by atoms with E-state index in [2.05, 4.69) is 21.7 Å². The van der Waals surface area contributed by atoms with Gasteiger partial charge < -0.3 is 15.0 Å². The van der Waals surface area contributed by atoms with Gasteiger partial charge in [0, 0.05) is 11.8 Å². The summed E-state index contributed by atoms with van der Waals surface area (Å²) in [7, 11) is 0. The van der Waals surface area contributed by atoms with Crippen LogP contribution in [0, 0.1) is 0 Å². The van der Waals surface area contributed by atoms with Gasteiger partial charge in [0.1, 0.15) is 5.82 Å². The van der Waals surface area contributed by atoms with E-state index < -0.39 is 0 Å². The fourth-order valence-corrected chi connectivity index (χ4v) is 3.49. The Kier molecular flexibility index (Phi) is 3.59. The molecule has 1 aliphatic heterocycles. The van der Waals surface area contributed by atoms with Crippen LogP contribution in [-0.4, -0.2) is 32.7 Å². The molecule has 2 N–H and O–H groups in total. The summed E-state index contributed by atoms with van der Waals surface area (Å²) in [6, 6.07) is 0.587. The second kappa shape index (κ2) is 5.19. The van der Waals surface area contributed by atoms with Crippen molar-refractivity contribution >= 4 is 11.8 Å². The van der Waals surface area contributed by atoms with E-state index in [0.29, 0.717) is 24.8 Å². The molecule has 18 heavy (non-hydrogen) atoms. The first-order valence-corrected chi connectivity index (χ1v) is 7.68. The number of hydrogen-bond donors (Lipinski definition) is 1. The van der Waals surface area contributed by atoms with Gasteiger partial charge >= 0.3 is 0 Å². The molecule has 1 aromatic rings. The molecule has 0 amide bonds. The molecule has 5 nitrogen and oxygen atoms in total. The Balaban J connectivity index is 1.63. The molecule has 6 heteroatoms. The Bertz CT molecular complexity index is 418. The monoisotopic (exact) mass is 268 g/mol. The fourth-order valence-electron chi connectivity index (χ4n) is 2.42. The second-order valence-corrected chi connectivity index (χ2v) is 6.15. The zero-order valence-electron chi connectivity index (χ0n) is 10.7. The molecule has 0 radical (unpaired) electrons. The number of aromatic nitrogens is 3. The lowest BCUT2D eigenvalue weighted by atomic mass is 10.2. The molecule has 2 atom stereocenters. The van der Waals surface area contributed by atoms with Gasteiger partial charge in [-0.2, -0.15) is 0 Å². The molecule has 2 aliphatic rings.